The van der Waals surface area contributed by atoms with E-state index >= 15 is 0 Å². The van der Waals surface area contributed by atoms with Crippen LogP contribution >= 0.6 is 0 Å². The summed E-state index contributed by atoms with van der Waals surface area (Å²) in [6.07, 6.45) is 0.438. The van der Waals surface area contributed by atoms with Gasteiger partial charge in [0.1, 0.15) is 11.5 Å². The highest BCUT2D eigenvalue weighted by molar-refractivity contribution is 5.96. The van der Waals surface area contributed by atoms with Gasteiger partial charge in [0.05, 0.1) is 0 Å². The van der Waals surface area contributed by atoms with E-state index < -0.39 is 5.97 Å². The van der Waals surface area contributed by atoms with E-state index in [0.29, 0.717) is 23.5 Å². The first-order valence-corrected chi connectivity index (χ1v) is 8.78. The van der Waals surface area contributed by atoms with Crippen molar-refractivity contribution in [3.05, 3.63) is 84.4 Å². The van der Waals surface area contributed by atoms with Crippen molar-refractivity contribution < 1.29 is 19.1 Å². The van der Waals surface area contributed by atoms with Gasteiger partial charge in [-0.25, -0.2) is 4.79 Å². The van der Waals surface area contributed by atoms with E-state index in [-0.39, 0.29) is 12.4 Å². The lowest BCUT2D eigenvalue weighted by atomic mass is 10.1. The molecule has 0 unspecified atom stereocenters. The normalized spacial score (nSPS) is 10.3. The molecule has 4 nitrogen and oxygen atoms in total. The Hall–Kier alpha value is -3.40. The van der Waals surface area contributed by atoms with E-state index in [2.05, 4.69) is 0 Å². The summed E-state index contributed by atoms with van der Waals surface area (Å²) in [4.78, 5) is 23.7. The van der Waals surface area contributed by atoms with Crippen molar-refractivity contribution in [2.24, 2.45) is 0 Å². The SMILES string of the molecule is CCC(=O)c1ccc(OC(=O)COc2ccccc2-c2ccccc2)cc1. The number of hydrogen-bond acceptors (Lipinski definition) is 4. The summed E-state index contributed by atoms with van der Waals surface area (Å²) in [5.41, 5.74) is 2.52. The molecule has 0 N–H and O–H groups in total. The van der Waals surface area contributed by atoms with Gasteiger partial charge in [-0.2, -0.15) is 0 Å². The van der Waals surface area contributed by atoms with Gasteiger partial charge >= 0.3 is 5.97 Å². The minimum Gasteiger partial charge on any atom is -0.481 e. The molecule has 0 bridgehead atoms. The Morgan fingerprint density at radius 1 is 0.815 bits per heavy atom. The molecule has 0 aromatic heterocycles. The topological polar surface area (TPSA) is 52.6 Å². The van der Waals surface area contributed by atoms with E-state index in [9.17, 15) is 9.59 Å². The van der Waals surface area contributed by atoms with Crippen molar-refractivity contribution in [1.82, 2.24) is 0 Å². The van der Waals surface area contributed by atoms with E-state index in [1.165, 1.54) is 0 Å². The number of carbonyl (C=O) groups excluding carboxylic acids is 2. The monoisotopic (exact) mass is 360 g/mol. The lowest BCUT2D eigenvalue weighted by molar-refractivity contribution is -0.136. The summed E-state index contributed by atoms with van der Waals surface area (Å²) >= 11 is 0. The van der Waals surface area contributed by atoms with Crippen LogP contribution in [0.15, 0.2) is 78.9 Å². The molecule has 0 amide bonds. The number of para-hydroxylation sites is 1. The molecule has 0 saturated heterocycles. The van der Waals surface area contributed by atoms with Crippen molar-refractivity contribution in [1.29, 1.82) is 0 Å². The molecule has 0 radical (unpaired) electrons. The van der Waals surface area contributed by atoms with Crippen molar-refractivity contribution in [3.63, 3.8) is 0 Å². The standard InChI is InChI=1S/C23H20O4/c1-2-21(24)18-12-14-19(15-13-18)27-23(25)16-26-22-11-7-6-10-20(22)17-8-4-3-5-9-17/h3-15H,2,16H2,1H3. The Balaban J connectivity index is 1.62. The first-order chi connectivity index (χ1) is 13.2. The average molecular weight is 360 g/mol. The predicted octanol–water partition coefficient (Wildman–Crippen LogP) is 4.93. The summed E-state index contributed by atoms with van der Waals surface area (Å²) < 4.78 is 11.0. The fourth-order valence-corrected chi connectivity index (χ4v) is 2.66. The molecule has 0 atom stereocenters. The van der Waals surface area contributed by atoms with Gasteiger partial charge in [-0.1, -0.05) is 55.5 Å². The molecule has 0 heterocycles. The second-order valence-corrected chi connectivity index (χ2v) is 5.93. The largest absolute Gasteiger partial charge is 0.481 e. The molecule has 27 heavy (non-hydrogen) atoms. The van der Waals surface area contributed by atoms with Crippen LogP contribution < -0.4 is 9.47 Å². The van der Waals surface area contributed by atoms with E-state index in [4.69, 9.17) is 9.47 Å². The van der Waals surface area contributed by atoms with Gasteiger partial charge < -0.3 is 9.47 Å². The highest BCUT2D eigenvalue weighted by Crippen LogP contribution is 2.29. The summed E-state index contributed by atoms with van der Waals surface area (Å²) in [6, 6.07) is 23.9. The highest BCUT2D eigenvalue weighted by Gasteiger charge is 2.10. The first-order valence-electron chi connectivity index (χ1n) is 8.78. The maximum Gasteiger partial charge on any atom is 0.349 e. The second kappa shape index (κ2) is 8.81. The lowest BCUT2D eigenvalue weighted by Crippen LogP contribution is -2.18. The Bertz CT molecular complexity index is 915. The molecule has 136 valence electrons. The number of hydrogen-bond donors (Lipinski definition) is 0. The first kappa shape index (κ1) is 18.4. The molecular formula is C23H20O4. The molecule has 0 aliphatic carbocycles. The molecule has 4 heteroatoms. The number of ketones is 1. The summed E-state index contributed by atoms with van der Waals surface area (Å²) in [7, 11) is 0. The van der Waals surface area contributed by atoms with Crippen LogP contribution in [-0.2, 0) is 4.79 Å². The molecule has 3 aromatic rings. The Morgan fingerprint density at radius 2 is 1.48 bits per heavy atom. The maximum absolute atomic E-state index is 12.1. The predicted molar refractivity (Wildman–Crippen MR) is 104 cm³/mol. The van der Waals surface area contributed by atoms with Gasteiger partial charge in [-0.05, 0) is 35.9 Å². The van der Waals surface area contributed by atoms with Gasteiger partial charge in [0, 0.05) is 17.5 Å². The van der Waals surface area contributed by atoms with Gasteiger partial charge in [-0.15, -0.1) is 0 Å². The van der Waals surface area contributed by atoms with Crippen LogP contribution in [0, 0.1) is 0 Å². The van der Waals surface area contributed by atoms with Crippen molar-refractivity contribution in [3.8, 4) is 22.6 Å². The number of Topliss-reactive ketones (excluding diaryl/α,β-unsaturated/α-hetero) is 1. The van der Waals surface area contributed by atoms with Crippen molar-refractivity contribution in [2.45, 2.75) is 13.3 Å². The van der Waals surface area contributed by atoms with E-state index in [1.807, 2.05) is 54.6 Å². The number of esters is 1. The zero-order chi connectivity index (χ0) is 19.1. The van der Waals surface area contributed by atoms with Crippen LogP contribution in [0.4, 0.5) is 0 Å². The third kappa shape index (κ3) is 4.82. The number of benzene rings is 3. The molecule has 0 saturated carbocycles. The Labute approximate surface area is 158 Å². The molecule has 0 fully saturated rings. The van der Waals surface area contributed by atoms with E-state index in [1.54, 1.807) is 31.2 Å². The summed E-state index contributed by atoms with van der Waals surface area (Å²) in [6.45, 7) is 1.60. The minimum absolute atomic E-state index is 0.0497. The van der Waals surface area contributed by atoms with Gasteiger partial charge in [0.15, 0.2) is 12.4 Å². The summed E-state index contributed by atoms with van der Waals surface area (Å²) in [5.74, 6) is 0.540. The number of ether oxygens (including phenoxy) is 2. The van der Waals surface area contributed by atoms with Crippen molar-refractivity contribution >= 4 is 11.8 Å². The highest BCUT2D eigenvalue weighted by atomic mass is 16.6. The van der Waals surface area contributed by atoms with Crippen LogP contribution in [0.1, 0.15) is 23.7 Å². The van der Waals surface area contributed by atoms with Crippen LogP contribution in [0.5, 0.6) is 11.5 Å². The van der Waals surface area contributed by atoms with Crippen molar-refractivity contribution in [2.75, 3.05) is 6.61 Å². The molecule has 3 aromatic carbocycles. The van der Waals surface area contributed by atoms with Crippen LogP contribution in [0.2, 0.25) is 0 Å². The molecule has 3 rings (SSSR count). The minimum atomic E-state index is -0.507. The van der Waals surface area contributed by atoms with Crippen LogP contribution in [-0.4, -0.2) is 18.4 Å². The Morgan fingerprint density at radius 3 is 2.19 bits per heavy atom. The van der Waals surface area contributed by atoms with Crippen LogP contribution in [0.3, 0.4) is 0 Å². The van der Waals surface area contributed by atoms with Gasteiger partial charge in [0.2, 0.25) is 0 Å². The van der Waals surface area contributed by atoms with Gasteiger partial charge in [0.25, 0.3) is 0 Å². The van der Waals surface area contributed by atoms with E-state index in [0.717, 1.165) is 11.1 Å². The maximum atomic E-state index is 12.1. The number of carbonyl (C=O) groups is 2. The zero-order valence-corrected chi connectivity index (χ0v) is 15.1. The molecule has 0 aliphatic heterocycles. The number of rotatable bonds is 7. The van der Waals surface area contributed by atoms with Crippen LogP contribution in [0.25, 0.3) is 11.1 Å². The smallest absolute Gasteiger partial charge is 0.349 e. The second-order valence-electron chi connectivity index (χ2n) is 5.93. The lowest BCUT2D eigenvalue weighted by Gasteiger charge is -2.11. The Kier molecular flexibility index (Phi) is 6.00. The quantitative estimate of drug-likeness (QED) is 0.340. The molecule has 0 spiro atoms. The van der Waals surface area contributed by atoms with Gasteiger partial charge in [-0.3, -0.25) is 4.79 Å². The third-order valence-electron chi connectivity index (χ3n) is 4.05. The third-order valence-corrected chi connectivity index (χ3v) is 4.05. The summed E-state index contributed by atoms with van der Waals surface area (Å²) in [5, 5.41) is 0. The fraction of sp³-hybridized carbons (Fsp3) is 0.130. The fourth-order valence-electron chi connectivity index (χ4n) is 2.66. The molecular weight excluding hydrogens is 340 g/mol. The average Bonchev–Trinajstić information content (AvgIpc) is 2.73. The zero-order valence-electron chi connectivity index (χ0n) is 15.1. The molecule has 0 aliphatic rings.